The second kappa shape index (κ2) is 4.81. The summed E-state index contributed by atoms with van der Waals surface area (Å²) in [7, 11) is 0. The van der Waals surface area contributed by atoms with Crippen LogP contribution in [0.25, 0.3) is 0 Å². The van der Waals surface area contributed by atoms with Crippen LogP contribution in [-0.2, 0) is 4.79 Å². The monoisotopic (exact) mass is 274 g/mol. The molecule has 3 rings (SSSR count). The van der Waals surface area contributed by atoms with E-state index in [1.807, 2.05) is 24.0 Å². The number of aromatic carboxylic acids is 1. The molecule has 1 atom stereocenters. The van der Waals surface area contributed by atoms with E-state index in [0.29, 0.717) is 18.0 Å². The van der Waals surface area contributed by atoms with Gasteiger partial charge in [-0.05, 0) is 37.1 Å². The van der Waals surface area contributed by atoms with E-state index in [0.717, 1.165) is 37.3 Å². The Labute approximate surface area is 117 Å². The third kappa shape index (κ3) is 2.13. The Morgan fingerprint density at radius 2 is 2.15 bits per heavy atom. The molecule has 1 N–H and O–H groups in total. The minimum absolute atomic E-state index is 0.270. The van der Waals surface area contributed by atoms with Crippen LogP contribution in [0.1, 0.15) is 28.8 Å². The highest BCUT2D eigenvalue weighted by molar-refractivity contribution is 5.90. The number of amides is 1. The molecule has 1 aromatic carbocycles. The van der Waals surface area contributed by atoms with Gasteiger partial charge in [0.2, 0.25) is 5.91 Å². The maximum atomic E-state index is 11.7. The van der Waals surface area contributed by atoms with Gasteiger partial charge in [0.25, 0.3) is 0 Å². The highest BCUT2D eigenvalue weighted by atomic mass is 16.4. The molecule has 2 fully saturated rings. The number of carbonyl (C=O) groups is 2. The van der Waals surface area contributed by atoms with Crippen LogP contribution in [0.3, 0.4) is 0 Å². The summed E-state index contributed by atoms with van der Waals surface area (Å²) in [5, 5.41) is 9.06. The van der Waals surface area contributed by atoms with Crippen LogP contribution in [0.4, 0.5) is 5.69 Å². The Morgan fingerprint density at radius 1 is 1.35 bits per heavy atom. The smallest absolute Gasteiger partial charge is 0.335 e. The summed E-state index contributed by atoms with van der Waals surface area (Å²) in [5.74, 6) is -0.618. The van der Waals surface area contributed by atoms with Gasteiger partial charge in [0.05, 0.1) is 5.56 Å². The van der Waals surface area contributed by atoms with Crippen LogP contribution in [0.2, 0.25) is 0 Å². The molecular weight excluding hydrogens is 256 g/mol. The third-order valence-electron chi connectivity index (χ3n) is 4.30. The van der Waals surface area contributed by atoms with E-state index < -0.39 is 5.97 Å². The van der Waals surface area contributed by atoms with Crippen molar-refractivity contribution in [2.75, 3.05) is 24.5 Å². The van der Waals surface area contributed by atoms with Crippen LogP contribution in [0.5, 0.6) is 0 Å². The van der Waals surface area contributed by atoms with Gasteiger partial charge in [-0.1, -0.05) is 0 Å². The number of rotatable bonds is 2. The summed E-state index contributed by atoms with van der Waals surface area (Å²) in [6.45, 7) is 4.25. The van der Waals surface area contributed by atoms with Crippen molar-refractivity contribution in [2.24, 2.45) is 0 Å². The van der Waals surface area contributed by atoms with E-state index in [-0.39, 0.29) is 5.91 Å². The minimum atomic E-state index is -0.889. The number of benzene rings is 1. The number of carboxylic acid groups (broad SMARTS) is 1. The normalized spacial score (nSPS) is 22.1. The average Bonchev–Trinajstić information content (AvgIpc) is 2.79. The molecule has 2 saturated heterocycles. The van der Waals surface area contributed by atoms with Crippen molar-refractivity contribution in [1.82, 2.24) is 4.90 Å². The summed E-state index contributed by atoms with van der Waals surface area (Å²) < 4.78 is 0. The number of hydrogen-bond donors (Lipinski definition) is 1. The zero-order valence-corrected chi connectivity index (χ0v) is 11.5. The SMILES string of the molecule is Cc1cc(N2CCN3C(=O)CCC3C2)ccc1C(=O)O. The molecule has 0 aliphatic carbocycles. The minimum Gasteiger partial charge on any atom is -0.478 e. The van der Waals surface area contributed by atoms with E-state index in [4.69, 9.17) is 5.11 Å². The maximum Gasteiger partial charge on any atom is 0.335 e. The molecule has 2 heterocycles. The average molecular weight is 274 g/mol. The molecule has 106 valence electrons. The molecule has 1 amide bonds. The molecule has 0 spiro atoms. The van der Waals surface area contributed by atoms with Gasteiger partial charge in [0.15, 0.2) is 0 Å². The Bertz CT molecular complexity index is 570. The molecule has 2 aliphatic rings. The predicted octanol–water partition coefficient (Wildman–Crippen LogP) is 1.50. The van der Waals surface area contributed by atoms with Crippen LogP contribution in [0.15, 0.2) is 18.2 Å². The van der Waals surface area contributed by atoms with Crippen LogP contribution in [0, 0.1) is 6.92 Å². The van der Waals surface area contributed by atoms with Crippen LogP contribution in [-0.4, -0.2) is 47.6 Å². The number of anilines is 1. The second-order valence-electron chi connectivity index (χ2n) is 5.53. The molecule has 0 bridgehead atoms. The summed E-state index contributed by atoms with van der Waals surface area (Å²) in [6, 6.07) is 5.77. The molecule has 2 aliphatic heterocycles. The van der Waals surface area contributed by atoms with Crippen molar-refractivity contribution < 1.29 is 14.7 Å². The van der Waals surface area contributed by atoms with Gasteiger partial charge < -0.3 is 14.9 Å². The standard InChI is InChI=1S/C15H18N2O3/c1-10-8-11(2-4-13(10)15(19)20)16-6-7-17-12(9-16)3-5-14(17)18/h2,4,8,12H,3,5-7,9H2,1H3,(H,19,20). The van der Waals surface area contributed by atoms with E-state index in [9.17, 15) is 9.59 Å². The summed E-state index contributed by atoms with van der Waals surface area (Å²) in [5.41, 5.74) is 2.18. The van der Waals surface area contributed by atoms with Gasteiger partial charge in [-0.2, -0.15) is 0 Å². The molecule has 0 radical (unpaired) electrons. The van der Waals surface area contributed by atoms with Crippen molar-refractivity contribution in [3.63, 3.8) is 0 Å². The zero-order chi connectivity index (χ0) is 14.3. The fraction of sp³-hybridized carbons (Fsp3) is 0.467. The van der Waals surface area contributed by atoms with Crippen molar-refractivity contribution in [2.45, 2.75) is 25.8 Å². The lowest BCUT2D eigenvalue weighted by Crippen LogP contribution is -2.51. The number of piperazine rings is 1. The van der Waals surface area contributed by atoms with Gasteiger partial charge >= 0.3 is 5.97 Å². The maximum absolute atomic E-state index is 11.7. The van der Waals surface area contributed by atoms with Crippen molar-refractivity contribution in [1.29, 1.82) is 0 Å². The number of carboxylic acids is 1. The van der Waals surface area contributed by atoms with Gasteiger partial charge in [-0.25, -0.2) is 4.79 Å². The zero-order valence-electron chi connectivity index (χ0n) is 11.5. The Morgan fingerprint density at radius 3 is 2.85 bits per heavy atom. The van der Waals surface area contributed by atoms with E-state index in [1.165, 1.54) is 0 Å². The fourth-order valence-corrected chi connectivity index (χ4v) is 3.18. The quantitative estimate of drug-likeness (QED) is 0.888. The first-order valence-corrected chi connectivity index (χ1v) is 6.94. The van der Waals surface area contributed by atoms with Crippen molar-refractivity contribution >= 4 is 17.6 Å². The van der Waals surface area contributed by atoms with Crippen molar-refractivity contribution in [3.8, 4) is 0 Å². The lowest BCUT2D eigenvalue weighted by Gasteiger charge is -2.39. The largest absolute Gasteiger partial charge is 0.478 e. The molecule has 0 saturated carbocycles. The van der Waals surface area contributed by atoms with Crippen LogP contribution < -0.4 is 4.90 Å². The Hall–Kier alpha value is -2.04. The first-order chi connectivity index (χ1) is 9.56. The molecule has 5 heteroatoms. The van der Waals surface area contributed by atoms with Crippen molar-refractivity contribution in [3.05, 3.63) is 29.3 Å². The molecule has 0 aromatic heterocycles. The molecule has 5 nitrogen and oxygen atoms in total. The lowest BCUT2D eigenvalue weighted by atomic mass is 10.1. The summed E-state index contributed by atoms with van der Waals surface area (Å²) in [4.78, 5) is 26.9. The van der Waals surface area contributed by atoms with Gasteiger partial charge in [-0.15, -0.1) is 0 Å². The lowest BCUT2D eigenvalue weighted by molar-refractivity contribution is -0.129. The number of nitrogens with zero attached hydrogens (tertiary/aromatic N) is 2. The van der Waals surface area contributed by atoms with Crippen LogP contribution >= 0.6 is 0 Å². The summed E-state index contributed by atoms with van der Waals surface area (Å²) >= 11 is 0. The Balaban J connectivity index is 1.79. The number of aryl methyl sites for hydroxylation is 1. The van der Waals surface area contributed by atoms with E-state index in [2.05, 4.69) is 4.90 Å². The predicted molar refractivity (Wildman–Crippen MR) is 75.1 cm³/mol. The summed E-state index contributed by atoms with van der Waals surface area (Å²) in [6.07, 6.45) is 1.59. The van der Waals surface area contributed by atoms with Gasteiger partial charge in [0, 0.05) is 37.8 Å². The number of hydrogen-bond acceptors (Lipinski definition) is 3. The van der Waals surface area contributed by atoms with E-state index in [1.54, 1.807) is 6.07 Å². The van der Waals surface area contributed by atoms with Gasteiger partial charge in [0.1, 0.15) is 0 Å². The first-order valence-electron chi connectivity index (χ1n) is 6.94. The number of carbonyl (C=O) groups excluding carboxylic acids is 1. The van der Waals surface area contributed by atoms with E-state index >= 15 is 0 Å². The first kappa shape index (κ1) is 13.0. The molecule has 1 unspecified atom stereocenters. The third-order valence-corrected chi connectivity index (χ3v) is 4.30. The highest BCUT2D eigenvalue weighted by Crippen LogP contribution is 2.27. The fourth-order valence-electron chi connectivity index (χ4n) is 3.18. The highest BCUT2D eigenvalue weighted by Gasteiger charge is 2.35. The second-order valence-corrected chi connectivity index (χ2v) is 5.53. The molecule has 20 heavy (non-hydrogen) atoms. The number of fused-ring (bicyclic) bond motifs is 1. The van der Waals surface area contributed by atoms with Gasteiger partial charge in [-0.3, -0.25) is 4.79 Å². The topological polar surface area (TPSA) is 60.9 Å². The molecule has 1 aromatic rings. The Kier molecular flexibility index (Phi) is 3.12. The molecular formula is C15H18N2O3.